The summed E-state index contributed by atoms with van der Waals surface area (Å²) < 4.78 is 0. The first kappa shape index (κ1) is 33.6. The highest BCUT2D eigenvalue weighted by Crippen LogP contribution is 2.11. The monoisotopic (exact) mass is 509 g/mol. The molecule has 0 aliphatic carbocycles. The van der Waals surface area contributed by atoms with Crippen LogP contribution in [0.1, 0.15) is 88.5 Å². The lowest BCUT2D eigenvalue weighted by Crippen LogP contribution is -2.51. The Morgan fingerprint density at radius 2 is 0.806 bits per heavy atom. The van der Waals surface area contributed by atoms with Gasteiger partial charge < -0.3 is 16.0 Å². The Bertz CT molecular complexity index is 801. The minimum atomic E-state index is -1.12. The Morgan fingerprint density at radius 1 is 0.472 bits per heavy atom. The van der Waals surface area contributed by atoms with Crippen LogP contribution in [0.2, 0.25) is 0 Å². The van der Waals surface area contributed by atoms with E-state index in [0.717, 1.165) is 0 Å². The summed E-state index contributed by atoms with van der Waals surface area (Å²) in [7, 11) is 0. The minimum absolute atomic E-state index is 0.0339. The van der Waals surface area contributed by atoms with Crippen molar-refractivity contribution in [1.82, 2.24) is 16.0 Å². The smallest absolute Gasteiger partial charge is 0.223 e. The van der Waals surface area contributed by atoms with Gasteiger partial charge in [-0.15, -0.1) is 0 Å². The van der Waals surface area contributed by atoms with Crippen LogP contribution >= 0.6 is 0 Å². The quantitative estimate of drug-likeness (QED) is 0.274. The number of carbonyl (C=O) groups is 6. The standard InChI is InChI=1S/C27H47N3O6/c1-14(2)22(31)11-19(25(34)15(3)4)29-24(33)13-21(27(36)17(7)8)30-23(32)12-20(28-18(9)10)26(35)16(5)6/h14-21,28H,11-13H2,1-10H3,(H,29,33)(H,30,32). The molecule has 0 aliphatic rings. The number of rotatable bonds is 17. The van der Waals surface area contributed by atoms with Crippen LogP contribution in [0, 0.1) is 23.7 Å². The van der Waals surface area contributed by atoms with E-state index in [4.69, 9.17) is 0 Å². The molecular formula is C27H47N3O6. The van der Waals surface area contributed by atoms with Crippen LogP contribution < -0.4 is 16.0 Å². The fourth-order valence-corrected chi connectivity index (χ4v) is 3.61. The van der Waals surface area contributed by atoms with Gasteiger partial charge in [-0.2, -0.15) is 0 Å². The van der Waals surface area contributed by atoms with Crippen LogP contribution in [0.3, 0.4) is 0 Å². The summed E-state index contributed by atoms with van der Waals surface area (Å²) in [5.74, 6) is -3.46. The van der Waals surface area contributed by atoms with Gasteiger partial charge in [0.2, 0.25) is 11.8 Å². The molecule has 0 fully saturated rings. The number of ketones is 4. The molecule has 36 heavy (non-hydrogen) atoms. The van der Waals surface area contributed by atoms with Crippen LogP contribution in [0.4, 0.5) is 0 Å². The van der Waals surface area contributed by atoms with Crippen molar-refractivity contribution in [1.29, 1.82) is 0 Å². The van der Waals surface area contributed by atoms with Gasteiger partial charge in [0.05, 0.1) is 24.5 Å². The molecule has 9 heteroatoms. The summed E-state index contributed by atoms with van der Waals surface area (Å²) in [5, 5.41) is 8.31. The van der Waals surface area contributed by atoms with Crippen molar-refractivity contribution in [3.05, 3.63) is 0 Å². The van der Waals surface area contributed by atoms with E-state index in [0.29, 0.717) is 0 Å². The largest absolute Gasteiger partial charge is 0.346 e. The van der Waals surface area contributed by atoms with E-state index in [9.17, 15) is 28.8 Å². The average molecular weight is 510 g/mol. The average Bonchev–Trinajstić information content (AvgIpc) is 2.75. The second kappa shape index (κ2) is 15.6. The maximum atomic E-state index is 12.9. The van der Waals surface area contributed by atoms with Gasteiger partial charge in [-0.3, -0.25) is 28.8 Å². The summed E-state index contributed by atoms with van der Waals surface area (Å²) in [4.78, 5) is 76.0. The van der Waals surface area contributed by atoms with Crippen molar-refractivity contribution in [2.45, 2.75) is 113 Å². The summed E-state index contributed by atoms with van der Waals surface area (Å²) in [5.41, 5.74) is 0. The maximum absolute atomic E-state index is 12.9. The molecule has 3 atom stereocenters. The molecule has 206 valence electrons. The third-order valence-electron chi connectivity index (χ3n) is 5.77. The normalized spacial score (nSPS) is 14.2. The Balaban J connectivity index is 5.61. The third kappa shape index (κ3) is 12.0. The van der Waals surface area contributed by atoms with Crippen LogP contribution in [-0.4, -0.2) is 59.1 Å². The highest BCUT2D eigenvalue weighted by Gasteiger charge is 2.32. The van der Waals surface area contributed by atoms with Crippen LogP contribution in [0.15, 0.2) is 0 Å². The van der Waals surface area contributed by atoms with Crippen molar-refractivity contribution in [2.75, 3.05) is 0 Å². The molecule has 0 aromatic carbocycles. The minimum Gasteiger partial charge on any atom is -0.346 e. The van der Waals surface area contributed by atoms with E-state index < -0.39 is 41.8 Å². The predicted molar refractivity (Wildman–Crippen MR) is 139 cm³/mol. The molecule has 0 heterocycles. The zero-order valence-electron chi connectivity index (χ0n) is 23.7. The molecule has 0 saturated heterocycles. The fourth-order valence-electron chi connectivity index (χ4n) is 3.61. The van der Waals surface area contributed by atoms with Crippen molar-refractivity contribution < 1.29 is 28.8 Å². The number of nitrogens with one attached hydrogen (secondary N) is 3. The first-order chi connectivity index (χ1) is 16.5. The Morgan fingerprint density at radius 3 is 1.14 bits per heavy atom. The molecule has 0 rings (SSSR count). The van der Waals surface area contributed by atoms with E-state index in [1.54, 1.807) is 55.4 Å². The second-order valence-electron chi connectivity index (χ2n) is 11.0. The lowest BCUT2D eigenvalue weighted by molar-refractivity contribution is -0.135. The lowest BCUT2D eigenvalue weighted by atomic mass is 9.93. The van der Waals surface area contributed by atoms with Gasteiger partial charge in [0, 0.05) is 42.6 Å². The molecule has 9 nitrogen and oxygen atoms in total. The molecule has 0 aromatic rings. The Kier molecular flexibility index (Phi) is 14.6. The van der Waals surface area contributed by atoms with Gasteiger partial charge in [-0.1, -0.05) is 69.2 Å². The van der Waals surface area contributed by atoms with E-state index in [1.807, 2.05) is 13.8 Å². The Labute approximate surface area is 216 Å². The molecule has 0 saturated carbocycles. The maximum Gasteiger partial charge on any atom is 0.223 e. The van der Waals surface area contributed by atoms with Gasteiger partial charge in [0.25, 0.3) is 0 Å². The summed E-state index contributed by atoms with van der Waals surface area (Å²) in [6, 6.07) is -2.87. The number of hydrogen-bond donors (Lipinski definition) is 3. The van der Waals surface area contributed by atoms with Gasteiger partial charge in [-0.25, -0.2) is 0 Å². The summed E-state index contributed by atoms with van der Waals surface area (Å²) in [6.07, 6.45) is -0.674. The predicted octanol–water partition coefficient (Wildman–Crippen LogP) is 2.39. The topological polar surface area (TPSA) is 139 Å². The second-order valence-corrected chi connectivity index (χ2v) is 11.0. The van der Waals surface area contributed by atoms with Gasteiger partial charge in [0.1, 0.15) is 5.78 Å². The first-order valence-electron chi connectivity index (χ1n) is 13.0. The van der Waals surface area contributed by atoms with Crippen molar-refractivity contribution in [2.24, 2.45) is 23.7 Å². The number of amides is 2. The summed E-state index contributed by atoms with van der Waals surface area (Å²) in [6.45, 7) is 17.4. The zero-order valence-corrected chi connectivity index (χ0v) is 23.7. The molecule has 2 amide bonds. The van der Waals surface area contributed by atoms with Gasteiger partial charge in [-0.05, 0) is 0 Å². The highest BCUT2D eigenvalue weighted by atomic mass is 16.2. The van der Waals surface area contributed by atoms with E-state index in [2.05, 4.69) is 16.0 Å². The molecular weight excluding hydrogens is 462 g/mol. The molecule has 0 bridgehead atoms. The SMILES string of the molecule is CC(C)NC(CC(=O)NC(CC(=O)NC(CC(=O)C(C)C)C(=O)C(C)C)C(=O)C(C)C)C(=O)C(C)C. The van der Waals surface area contributed by atoms with Crippen LogP contribution in [-0.2, 0) is 28.8 Å². The molecule has 3 N–H and O–H groups in total. The van der Waals surface area contributed by atoms with Gasteiger partial charge in [0.15, 0.2) is 17.3 Å². The molecule has 0 aromatic heterocycles. The number of Topliss-reactive ketones (excluding diaryl/α,β-unsaturated/α-hetero) is 4. The van der Waals surface area contributed by atoms with Crippen LogP contribution in [0.25, 0.3) is 0 Å². The van der Waals surface area contributed by atoms with Gasteiger partial charge >= 0.3 is 0 Å². The molecule has 0 spiro atoms. The van der Waals surface area contributed by atoms with E-state index >= 15 is 0 Å². The lowest BCUT2D eigenvalue weighted by Gasteiger charge is -2.25. The van der Waals surface area contributed by atoms with E-state index in [1.165, 1.54) is 0 Å². The third-order valence-corrected chi connectivity index (χ3v) is 5.77. The molecule has 0 aliphatic heterocycles. The van der Waals surface area contributed by atoms with E-state index in [-0.39, 0.29) is 60.3 Å². The van der Waals surface area contributed by atoms with Crippen molar-refractivity contribution in [3.8, 4) is 0 Å². The Hall–Kier alpha value is -2.42. The molecule has 0 radical (unpaired) electrons. The first-order valence-corrected chi connectivity index (χ1v) is 13.0. The highest BCUT2D eigenvalue weighted by molar-refractivity contribution is 5.98. The molecule has 3 unspecified atom stereocenters. The van der Waals surface area contributed by atoms with Crippen molar-refractivity contribution in [3.63, 3.8) is 0 Å². The number of hydrogen-bond acceptors (Lipinski definition) is 7. The zero-order chi connectivity index (χ0) is 28.3. The number of carbonyl (C=O) groups excluding carboxylic acids is 6. The van der Waals surface area contributed by atoms with Crippen LogP contribution in [0.5, 0.6) is 0 Å². The summed E-state index contributed by atoms with van der Waals surface area (Å²) >= 11 is 0. The van der Waals surface area contributed by atoms with Crippen molar-refractivity contribution >= 4 is 34.9 Å². The fraction of sp³-hybridized carbons (Fsp3) is 0.778.